The van der Waals surface area contributed by atoms with E-state index in [4.69, 9.17) is 2.74 Å². The first-order chi connectivity index (χ1) is 7.77. The molecule has 0 amide bonds. The fourth-order valence-electron chi connectivity index (χ4n) is 1.04. The molecule has 0 aliphatic rings. The van der Waals surface area contributed by atoms with E-state index in [1.165, 1.54) is 0 Å². The SMILES string of the molecule is [2H]C([2H])=Cc1c(F)c(F)c(F)c(F)c1B([O-])[O-].[K+].[K+]. The van der Waals surface area contributed by atoms with E-state index in [2.05, 4.69) is 0 Å². The summed E-state index contributed by atoms with van der Waals surface area (Å²) in [5.74, 6) is -8.57. The van der Waals surface area contributed by atoms with Gasteiger partial charge >= 0.3 is 103 Å². The maximum Gasteiger partial charge on any atom is 1.00 e. The molecule has 17 heavy (non-hydrogen) atoms. The van der Waals surface area contributed by atoms with Gasteiger partial charge in [0, 0.05) is 5.56 Å². The molecule has 2 nitrogen and oxygen atoms in total. The average Bonchev–Trinajstić information content (AvgIpc) is 2.22. The van der Waals surface area contributed by atoms with E-state index in [-0.39, 0.29) is 109 Å². The van der Waals surface area contributed by atoms with Crippen LogP contribution in [0.25, 0.3) is 6.08 Å². The Balaban J connectivity index is 0. The van der Waals surface area contributed by atoms with E-state index >= 15 is 0 Å². The molecule has 9 heteroatoms. The third-order valence-corrected chi connectivity index (χ3v) is 1.72. The van der Waals surface area contributed by atoms with Crippen molar-refractivity contribution in [2.45, 2.75) is 0 Å². The molecule has 0 N–H and O–H groups in total. The molecule has 0 bridgehead atoms. The first-order valence-electron chi connectivity index (χ1n) is 4.59. The van der Waals surface area contributed by atoms with Gasteiger partial charge in [0.1, 0.15) is 0 Å². The molecular formula is C8H3BF4K2O2. The molecule has 0 saturated carbocycles. The van der Waals surface area contributed by atoms with Crippen LogP contribution in [0.5, 0.6) is 0 Å². The normalized spacial score (nSPS) is 10.5. The van der Waals surface area contributed by atoms with Gasteiger partial charge in [-0.2, -0.15) is 0 Å². The zero-order valence-corrected chi connectivity index (χ0v) is 15.2. The molecule has 1 rings (SSSR count). The predicted molar refractivity (Wildman–Crippen MR) is 41.8 cm³/mol. The van der Waals surface area contributed by atoms with Gasteiger partial charge in [-0.15, -0.1) is 0 Å². The molecule has 80 valence electrons. The summed E-state index contributed by atoms with van der Waals surface area (Å²) >= 11 is 0. The van der Waals surface area contributed by atoms with Gasteiger partial charge in [0.2, 0.25) is 0 Å². The minimum Gasteiger partial charge on any atom is -0.889 e. The van der Waals surface area contributed by atoms with Crippen molar-refractivity contribution in [2.75, 3.05) is 0 Å². The maximum absolute atomic E-state index is 13.2. The van der Waals surface area contributed by atoms with E-state index in [1.54, 1.807) is 0 Å². The molecule has 0 saturated heterocycles. The van der Waals surface area contributed by atoms with Gasteiger partial charge in [0.15, 0.2) is 23.3 Å². The molecule has 0 fully saturated rings. The van der Waals surface area contributed by atoms with Crippen LogP contribution in [0.1, 0.15) is 8.30 Å². The monoisotopic (exact) mass is 298 g/mol. The summed E-state index contributed by atoms with van der Waals surface area (Å²) in [6.07, 6.45) is 0.249. The zero-order chi connectivity index (χ0) is 13.3. The minimum absolute atomic E-state index is 0. The van der Waals surface area contributed by atoms with Crippen LogP contribution < -0.4 is 118 Å². The third-order valence-electron chi connectivity index (χ3n) is 1.72. The van der Waals surface area contributed by atoms with E-state index in [0.29, 0.717) is 0 Å². The van der Waals surface area contributed by atoms with Crippen LogP contribution in [0.3, 0.4) is 0 Å². The molecular weight excluding hydrogens is 293 g/mol. The number of halogens is 4. The Morgan fingerprint density at radius 2 is 1.47 bits per heavy atom. The van der Waals surface area contributed by atoms with Crippen molar-refractivity contribution in [3.8, 4) is 0 Å². The summed E-state index contributed by atoms with van der Waals surface area (Å²) in [6.45, 7) is -1.10. The third kappa shape index (κ3) is 4.47. The molecule has 1 aromatic rings. The summed E-state index contributed by atoms with van der Waals surface area (Å²) in [5.41, 5.74) is -2.70. The number of rotatable bonds is 2. The van der Waals surface area contributed by atoms with Crippen LogP contribution in [0.2, 0.25) is 0 Å². The molecule has 0 heterocycles. The second-order valence-corrected chi connectivity index (χ2v) is 2.56. The average molecular weight is 298 g/mol. The van der Waals surface area contributed by atoms with Crippen LogP contribution in [0.4, 0.5) is 17.6 Å². The Hall–Kier alpha value is 1.94. The van der Waals surface area contributed by atoms with Crippen LogP contribution in [0, 0.1) is 23.3 Å². The van der Waals surface area contributed by atoms with Gasteiger partial charge in [-0.05, 0) is 0 Å². The Labute approximate surface area is 183 Å². The van der Waals surface area contributed by atoms with Crippen LogP contribution in [-0.4, -0.2) is 7.12 Å². The second-order valence-electron chi connectivity index (χ2n) is 2.56. The largest absolute Gasteiger partial charge is 1.00 e. The van der Waals surface area contributed by atoms with Crippen LogP contribution in [0.15, 0.2) is 6.53 Å². The topological polar surface area (TPSA) is 46.1 Å². The Bertz CT molecular complexity index is 498. The molecule has 1 aromatic carbocycles. The fourth-order valence-corrected chi connectivity index (χ4v) is 1.04. The van der Waals surface area contributed by atoms with E-state index in [1.807, 2.05) is 0 Å². The molecule has 0 aliphatic heterocycles. The molecule has 0 spiro atoms. The van der Waals surface area contributed by atoms with Crippen molar-refractivity contribution in [3.05, 3.63) is 35.4 Å². The van der Waals surface area contributed by atoms with E-state index < -0.39 is 47.9 Å². The van der Waals surface area contributed by atoms with Crippen molar-refractivity contribution in [3.63, 3.8) is 0 Å². The number of hydrogen-bond acceptors (Lipinski definition) is 2. The summed E-state index contributed by atoms with van der Waals surface area (Å²) in [5, 5.41) is 21.1. The standard InChI is InChI=1S/C8H3BF4O2.2K/c1-2-3-4(9(14)15)6(11)8(13)7(12)5(3)10;;/h2H,1H2;;/q-2;2*+1/i1D2;;. The predicted octanol–water partition coefficient (Wildman–Crippen LogP) is -6.69. The first kappa shape index (κ1) is 17.0. The maximum atomic E-state index is 13.2. The minimum atomic E-state index is -3.11. The van der Waals surface area contributed by atoms with Gasteiger partial charge in [-0.1, -0.05) is 25.2 Å². The van der Waals surface area contributed by atoms with Crippen LogP contribution >= 0.6 is 0 Å². The Morgan fingerprint density at radius 3 is 1.88 bits per heavy atom. The van der Waals surface area contributed by atoms with Crippen molar-refractivity contribution >= 4 is 18.7 Å². The van der Waals surface area contributed by atoms with Gasteiger partial charge in [-0.25, -0.2) is 17.6 Å². The summed E-state index contributed by atoms with van der Waals surface area (Å²) in [4.78, 5) is 0. The van der Waals surface area contributed by atoms with Gasteiger partial charge in [0.25, 0.3) is 0 Å². The Kier molecular flexibility index (Phi) is 8.98. The zero-order valence-electron chi connectivity index (χ0n) is 11.0. The van der Waals surface area contributed by atoms with Gasteiger partial charge < -0.3 is 10.0 Å². The van der Waals surface area contributed by atoms with E-state index in [0.717, 1.165) is 0 Å². The Morgan fingerprint density at radius 1 is 1.00 bits per heavy atom. The fraction of sp³-hybridized carbons (Fsp3) is 0. The number of hydrogen-bond donors (Lipinski definition) is 0. The van der Waals surface area contributed by atoms with Crippen molar-refractivity contribution in [1.29, 1.82) is 0 Å². The van der Waals surface area contributed by atoms with Crippen molar-refractivity contribution < 1.29 is 133 Å². The first-order valence-corrected chi connectivity index (χ1v) is 3.59. The molecule has 0 aliphatic carbocycles. The van der Waals surface area contributed by atoms with Crippen LogP contribution in [-0.2, 0) is 0 Å². The molecule has 0 unspecified atom stereocenters. The molecule has 0 radical (unpaired) electrons. The van der Waals surface area contributed by atoms with Gasteiger partial charge in [-0.3, -0.25) is 0 Å². The molecule has 0 atom stereocenters. The smallest absolute Gasteiger partial charge is 0.889 e. The van der Waals surface area contributed by atoms with Crippen molar-refractivity contribution in [1.82, 2.24) is 0 Å². The summed E-state index contributed by atoms with van der Waals surface area (Å²) < 4.78 is 65.1. The van der Waals surface area contributed by atoms with Gasteiger partial charge in [0.05, 0.1) is 2.74 Å². The summed E-state index contributed by atoms with van der Waals surface area (Å²) in [7, 11) is -3.11. The second kappa shape index (κ2) is 8.98. The number of benzene rings is 1. The summed E-state index contributed by atoms with van der Waals surface area (Å²) in [6, 6.07) is 0. The molecule has 0 aromatic heterocycles. The van der Waals surface area contributed by atoms with Crippen molar-refractivity contribution in [2.24, 2.45) is 0 Å². The van der Waals surface area contributed by atoms with E-state index in [9.17, 15) is 27.6 Å². The quantitative estimate of drug-likeness (QED) is 0.236.